The Hall–Kier alpha value is -3.44. The second kappa shape index (κ2) is 9.14. The minimum atomic E-state index is -0.191. The summed E-state index contributed by atoms with van der Waals surface area (Å²) in [7, 11) is 0. The van der Waals surface area contributed by atoms with Crippen molar-refractivity contribution >= 4 is 22.9 Å². The molecule has 0 bridgehead atoms. The lowest BCUT2D eigenvalue weighted by Gasteiger charge is -2.10. The zero-order valence-corrected chi connectivity index (χ0v) is 18.6. The van der Waals surface area contributed by atoms with E-state index in [1.165, 1.54) is 5.56 Å². The van der Waals surface area contributed by atoms with Crippen molar-refractivity contribution in [3.05, 3.63) is 88.8 Å². The van der Waals surface area contributed by atoms with Crippen molar-refractivity contribution in [3.63, 3.8) is 0 Å². The fourth-order valence-electron chi connectivity index (χ4n) is 3.38. The lowest BCUT2D eigenvalue weighted by atomic mass is 10.1. The van der Waals surface area contributed by atoms with Crippen molar-refractivity contribution in [2.24, 2.45) is 0 Å². The molecule has 0 fully saturated rings. The van der Waals surface area contributed by atoms with Gasteiger partial charge in [-0.25, -0.2) is 4.98 Å². The van der Waals surface area contributed by atoms with Gasteiger partial charge in [0.15, 0.2) is 6.61 Å². The molecule has 1 aromatic heterocycles. The number of hydrogen-bond donors (Lipinski definition) is 1. The summed E-state index contributed by atoms with van der Waals surface area (Å²) in [5.74, 6) is 0.535. The number of ether oxygens (including phenoxy) is 1. The number of anilines is 1. The van der Waals surface area contributed by atoms with Crippen molar-refractivity contribution in [3.8, 4) is 27.6 Å². The average Bonchev–Trinajstić information content (AvgIpc) is 3.16. The molecule has 4 rings (SSSR count). The first-order chi connectivity index (χ1) is 15.0. The standard InChI is InChI=1S/C26H24N2O2S/c1-17-9-14-23(18(2)15-17)30-16-24(29)27-22-12-10-20(11-13-22)25-19(3)31-26(28-25)21-7-5-4-6-8-21/h4-15H,16H2,1-3H3,(H,27,29). The van der Waals surface area contributed by atoms with Crippen LogP contribution in [0.2, 0.25) is 0 Å². The second-order valence-electron chi connectivity index (χ2n) is 7.47. The van der Waals surface area contributed by atoms with Gasteiger partial charge in [0.2, 0.25) is 0 Å². The number of hydrogen-bond acceptors (Lipinski definition) is 4. The number of thiazole rings is 1. The van der Waals surface area contributed by atoms with E-state index in [0.717, 1.165) is 43.7 Å². The molecule has 1 heterocycles. The van der Waals surface area contributed by atoms with Gasteiger partial charge in [0, 0.05) is 21.7 Å². The zero-order chi connectivity index (χ0) is 21.8. The molecule has 31 heavy (non-hydrogen) atoms. The van der Waals surface area contributed by atoms with Crippen LogP contribution >= 0.6 is 11.3 Å². The van der Waals surface area contributed by atoms with Crippen LogP contribution < -0.4 is 10.1 Å². The van der Waals surface area contributed by atoms with Crippen LogP contribution in [0, 0.1) is 20.8 Å². The van der Waals surface area contributed by atoms with Crippen LogP contribution in [-0.4, -0.2) is 17.5 Å². The Morgan fingerprint density at radius 3 is 2.39 bits per heavy atom. The summed E-state index contributed by atoms with van der Waals surface area (Å²) in [4.78, 5) is 18.3. The molecule has 0 saturated heterocycles. The Labute approximate surface area is 186 Å². The first kappa shape index (κ1) is 20.8. The molecule has 0 saturated carbocycles. The molecule has 0 aliphatic rings. The molecular formula is C26H24N2O2S. The molecule has 0 spiro atoms. The van der Waals surface area contributed by atoms with Crippen molar-refractivity contribution < 1.29 is 9.53 Å². The predicted octanol–water partition coefficient (Wildman–Crippen LogP) is 6.42. The Balaban J connectivity index is 1.40. The van der Waals surface area contributed by atoms with E-state index in [1.54, 1.807) is 11.3 Å². The first-order valence-corrected chi connectivity index (χ1v) is 10.9. The van der Waals surface area contributed by atoms with Crippen molar-refractivity contribution in [2.45, 2.75) is 20.8 Å². The van der Waals surface area contributed by atoms with Crippen LogP contribution in [0.3, 0.4) is 0 Å². The zero-order valence-electron chi connectivity index (χ0n) is 17.8. The van der Waals surface area contributed by atoms with Gasteiger partial charge in [-0.2, -0.15) is 0 Å². The van der Waals surface area contributed by atoms with E-state index in [4.69, 9.17) is 9.72 Å². The maximum Gasteiger partial charge on any atom is 0.262 e. The number of aryl methyl sites for hydroxylation is 3. The normalized spacial score (nSPS) is 10.7. The Morgan fingerprint density at radius 1 is 0.935 bits per heavy atom. The van der Waals surface area contributed by atoms with Gasteiger partial charge in [-0.1, -0.05) is 60.2 Å². The van der Waals surface area contributed by atoms with Crippen LogP contribution in [0.25, 0.3) is 21.8 Å². The average molecular weight is 429 g/mol. The van der Waals surface area contributed by atoms with Crippen LogP contribution in [0.15, 0.2) is 72.8 Å². The highest BCUT2D eigenvalue weighted by molar-refractivity contribution is 7.15. The first-order valence-electron chi connectivity index (χ1n) is 10.1. The molecule has 0 aliphatic carbocycles. The summed E-state index contributed by atoms with van der Waals surface area (Å²) >= 11 is 1.69. The molecule has 4 nitrogen and oxygen atoms in total. The van der Waals surface area contributed by atoms with E-state index >= 15 is 0 Å². The molecule has 0 atom stereocenters. The second-order valence-corrected chi connectivity index (χ2v) is 8.68. The predicted molar refractivity (Wildman–Crippen MR) is 128 cm³/mol. The third-order valence-electron chi connectivity index (χ3n) is 4.95. The fourth-order valence-corrected chi connectivity index (χ4v) is 4.32. The summed E-state index contributed by atoms with van der Waals surface area (Å²) in [6, 6.07) is 23.9. The third-order valence-corrected chi connectivity index (χ3v) is 5.97. The maximum absolute atomic E-state index is 12.3. The molecular weight excluding hydrogens is 404 g/mol. The highest BCUT2D eigenvalue weighted by Crippen LogP contribution is 2.33. The van der Waals surface area contributed by atoms with Gasteiger partial charge in [0.1, 0.15) is 10.8 Å². The molecule has 156 valence electrons. The number of carbonyl (C=O) groups excluding carboxylic acids is 1. The van der Waals surface area contributed by atoms with E-state index < -0.39 is 0 Å². The molecule has 4 aromatic rings. The molecule has 0 radical (unpaired) electrons. The third kappa shape index (κ3) is 5.01. The lowest BCUT2D eigenvalue weighted by Crippen LogP contribution is -2.20. The van der Waals surface area contributed by atoms with Crippen LogP contribution in [0.1, 0.15) is 16.0 Å². The fraction of sp³-hybridized carbons (Fsp3) is 0.154. The van der Waals surface area contributed by atoms with Gasteiger partial charge >= 0.3 is 0 Å². The van der Waals surface area contributed by atoms with Crippen molar-refractivity contribution in [1.82, 2.24) is 4.98 Å². The number of rotatable bonds is 6. The molecule has 3 aromatic carbocycles. The summed E-state index contributed by atoms with van der Waals surface area (Å²) < 4.78 is 5.66. The summed E-state index contributed by atoms with van der Waals surface area (Å²) in [5, 5.41) is 3.89. The number of benzene rings is 3. The van der Waals surface area contributed by atoms with Crippen LogP contribution in [0.5, 0.6) is 5.75 Å². The summed E-state index contributed by atoms with van der Waals surface area (Å²) in [5.41, 5.74) is 6.04. The Morgan fingerprint density at radius 2 is 1.68 bits per heavy atom. The highest BCUT2D eigenvalue weighted by Gasteiger charge is 2.12. The number of aromatic nitrogens is 1. The van der Waals surface area contributed by atoms with Gasteiger partial charge < -0.3 is 10.1 Å². The van der Waals surface area contributed by atoms with E-state index in [9.17, 15) is 4.79 Å². The van der Waals surface area contributed by atoms with Crippen LogP contribution in [-0.2, 0) is 4.79 Å². The van der Waals surface area contributed by atoms with E-state index in [2.05, 4.69) is 24.4 Å². The number of amides is 1. The summed E-state index contributed by atoms with van der Waals surface area (Å²) in [6.45, 7) is 6.06. The smallest absolute Gasteiger partial charge is 0.262 e. The number of carbonyl (C=O) groups is 1. The minimum absolute atomic E-state index is 0.0305. The molecule has 1 N–H and O–H groups in total. The van der Waals surface area contributed by atoms with Gasteiger partial charge in [0.25, 0.3) is 5.91 Å². The molecule has 5 heteroatoms. The van der Waals surface area contributed by atoms with Crippen LogP contribution in [0.4, 0.5) is 5.69 Å². The van der Waals surface area contributed by atoms with E-state index in [0.29, 0.717) is 0 Å². The molecule has 1 amide bonds. The molecule has 0 unspecified atom stereocenters. The minimum Gasteiger partial charge on any atom is -0.483 e. The van der Waals surface area contributed by atoms with Gasteiger partial charge in [-0.05, 0) is 44.5 Å². The Kier molecular flexibility index (Phi) is 6.14. The largest absolute Gasteiger partial charge is 0.483 e. The number of nitrogens with one attached hydrogen (secondary N) is 1. The van der Waals surface area contributed by atoms with E-state index in [-0.39, 0.29) is 12.5 Å². The number of nitrogens with zero attached hydrogens (tertiary/aromatic N) is 1. The monoisotopic (exact) mass is 428 g/mol. The summed E-state index contributed by atoms with van der Waals surface area (Å²) in [6.07, 6.45) is 0. The quantitative estimate of drug-likeness (QED) is 0.385. The molecule has 0 aliphatic heterocycles. The van der Waals surface area contributed by atoms with Crippen molar-refractivity contribution in [1.29, 1.82) is 0 Å². The highest BCUT2D eigenvalue weighted by atomic mass is 32.1. The van der Waals surface area contributed by atoms with Gasteiger partial charge in [-0.15, -0.1) is 11.3 Å². The van der Waals surface area contributed by atoms with E-state index in [1.807, 2.05) is 74.5 Å². The SMILES string of the molecule is Cc1ccc(OCC(=O)Nc2ccc(-c3nc(-c4ccccc4)sc3C)cc2)c(C)c1. The van der Waals surface area contributed by atoms with Gasteiger partial charge in [-0.3, -0.25) is 4.79 Å². The Bertz CT molecular complexity index is 1200. The topological polar surface area (TPSA) is 51.2 Å². The lowest BCUT2D eigenvalue weighted by molar-refractivity contribution is -0.118. The van der Waals surface area contributed by atoms with Crippen molar-refractivity contribution in [2.75, 3.05) is 11.9 Å². The maximum atomic E-state index is 12.3. The van der Waals surface area contributed by atoms with Gasteiger partial charge in [0.05, 0.1) is 5.69 Å².